The van der Waals surface area contributed by atoms with Crippen molar-refractivity contribution in [1.29, 1.82) is 0 Å². The van der Waals surface area contributed by atoms with Gasteiger partial charge in [0.1, 0.15) is 12.4 Å². The van der Waals surface area contributed by atoms with Crippen molar-refractivity contribution in [3.8, 4) is 33.5 Å². The first-order chi connectivity index (χ1) is 19.6. The number of carbonyl (C=O) groups excluding carboxylic acids is 1. The number of hydrogen-bond donors (Lipinski definition) is 3. The van der Waals surface area contributed by atoms with Crippen molar-refractivity contribution < 1.29 is 9.90 Å². The van der Waals surface area contributed by atoms with E-state index in [4.69, 9.17) is 5.73 Å². The topological polar surface area (TPSA) is 95.2 Å². The Hall–Kier alpha value is -3.90. The van der Waals surface area contributed by atoms with E-state index in [-0.39, 0.29) is 17.4 Å². The van der Waals surface area contributed by atoms with Crippen LogP contribution in [0.4, 0.5) is 5.69 Å². The molecule has 40 heavy (non-hydrogen) atoms. The third kappa shape index (κ3) is 4.13. The van der Waals surface area contributed by atoms with Crippen LogP contribution in [0.25, 0.3) is 33.5 Å². The highest BCUT2D eigenvalue weighted by atomic mass is 16.3. The van der Waals surface area contributed by atoms with E-state index in [2.05, 4.69) is 64.6 Å². The Morgan fingerprint density at radius 2 is 1.75 bits per heavy atom. The SMILES string of the molecule is Nc1cccc(-c2ccc(-c3ccc(-c4cnc(C5CCCN5C(=O)CO)[nH]4)cc3)c3c2CCC32CCCC2)c1. The number of aliphatic hydroxyl groups is 1. The molecule has 6 heteroatoms. The van der Waals surface area contributed by atoms with Crippen LogP contribution in [0.15, 0.2) is 66.9 Å². The maximum atomic E-state index is 12.2. The molecule has 3 aliphatic rings. The second-order valence-corrected chi connectivity index (χ2v) is 11.8. The van der Waals surface area contributed by atoms with Gasteiger partial charge in [0.25, 0.3) is 0 Å². The Morgan fingerprint density at radius 3 is 2.52 bits per heavy atom. The summed E-state index contributed by atoms with van der Waals surface area (Å²) in [4.78, 5) is 22.0. The molecule has 3 aromatic carbocycles. The molecule has 4 aromatic rings. The number of aliphatic hydroxyl groups excluding tert-OH is 1. The van der Waals surface area contributed by atoms with Gasteiger partial charge in [-0.2, -0.15) is 0 Å². The third-order valence-electron chi connectivity index (χ3n) is 9.58. The number of rotatable bonds is 5. The van der Waals surface area contributed by atoms with E-state index >= 15 is 0 Å². The molecule has 0 bridgehead atoms. The minimum absolute atomic E-state index is 0.101. The number of amides is 1. The number of hydrogen-bond acceptors (Lipinski definition) is 4. The van der Waals surface area contributed by atoms with Crippen molar-refractivity contribution >= 4 is 11.6 Å². The Kier molecular flexibility index (Phi) is 6.23. The Morgan fingerprint density at radius 1 is 0.975 bits per heavy atom. The molecule has 1 saturated carbocycles. The molecule has 1 unspecified atom stereocenters. The number of anilines is 1. The number of imidazole rings is 1. The van der Waals surface area contributed by atoms with Gasteiger partial charge < -0.3 is 20.7 Å². The molecule has 1 aliphatic heterocycles. The molecule has 6 nitrogen and oxygen atoms in total. The van der Waals surface area contributed by atoms with Gasteiger partial charge in [-0.15, -0.1) is 0 Å². The van der Waals surface area contributed by atoms with Crippen LogP contribution in [-0.2, 0) is 16.6 Å². The van der Waals surface area contributed by atoms with Crippen molar-refractivity contribution in [3.63, 3.8) is 0 Å². The first-order valence-corrected chi connectivity index (χ1v) is 14.6. The van der Waals surface area contributed by atoms with Crippen LogP contribution in [0.5, 0.6) is 0 Å². The molecule has 204 valence electrons. The summed E-state index contributed by atoms with van der Waals surface area (Å²) in [5, 5.41) is 9.35. The van der Waals surface area contributed by atoms with Crippen molar-refractivity contribution in [3.05, 3.63) is 83.8 Å². The largest absolute Gasteiger partial charge is 0.399 e. The summed E-state index contributed by atoms with van der Waals surface area (Å²) < 4.78 is 0. The summed E-state index contributed by atoms with van der Waals surface area (Å²) in [5.41, 5.74) is 17.5. The van der Waals surface area contributed by atoms with E-state index in [9.17, 15) is 9.90 Å². The molecule has 0 radical (unpaired) electrons. The van der Waals surface area contributed by atoms with Gasteiger partial charge in [0.15, 0.2) is 0 Å². The van der Waals surface area contributed by atoms with Gasteiger partial charge in [-0.25, -0.2) is 4.98 Å². The minimum Gasteiger partial charge on any atom is -0.399 e. The average molecular weight is 533 g/mol. The minimum atomic E-state index is -0.461. The van der Waals surface area contributed by atoms with Crippen molar-refractivity contribution in [2.45, 2.75) is 62.8 Å². The molecular formula is C34H36N4O2. The number of H-pyrrole nitrogens is 1. The first-order valence-electron chi connectivity index (χ1n) is 14.6. The molecule has 1 atom stereocenters. The van der Waals surface area contributed by atoms with Crippen LogP contribution in [0, 0.1) is 0 Å². The lowest BCUT2D eigenvalue weighted by Gasteiger charge is -2.28. The standard InChI is InChI=1S/C34H36N4O2/c35-25-6-3-5-24(19-25)26-12-13-27(32-28(26)14-17-34(32)15-1-2-16-34)22-8-10-23(11-9-22)29-20-36-33(37-29)30-7-4-18-38(30)31(40)21-39/h3,5-6,8-13,19-20,30,39H,1-2,4,7,14-18,21,35H2,(H,36,37). The molecule has 1 aromatic heterocycles. The monoisotopic (exact) mass is 532 g/mol. The van der Waals surface area contributed by atoms with E-state index in [1.165, 1.54) is 59.9 Å². The fourth-order valence-electron chi connectivity index (χ4n) is 7.69. The number of aromatic nitrogens is 2. The first kappa shape index (κ1) is 25.1. The summed E-state index contributed by atoms with van der Waals surface area (Å²) in [5.74, 6) is 0.552. The van der Waals surface area contributed by atoms with E-state index in [0.29, 0.717) is 6.54 Å². The molecule has 1 amide bonds. The molecule has 4 N–H and O–H groups in total. The molecule has 2 aliphatic carbocycles. The maximum Gasteiger partial charge on any atom is 0.248 e. The maximum absolute atomic E-state index is 12.2. The number of benzene rings is 3. The van der Waals surface area contributed by atoms with Crippen molar-refractivity contribution in [2.24, 2.45) is 0 Å². The number of carbonyl (C=O) groups is 1. The van der Waals surface area contributed by atoms with Crippen LogP contribution in [-0.4, -0.2) is 39.0 Å². The van der Waals surface area contributed by atoms with Crippen molar-refractivity contribution in [1.82, 2.24) is 14.9 Å². The molecule has 7 rings (SSSR count). The molecular weight excluding hydrogens is 496 g/mol. The van der Waals surface area contributed by atoms with E-state index < -0.39 is 6.61 Å². The second kappa shape index (κ2) is 9.93. The highest BCUT2D eigenvalue weighted by molar-refractivity contribution is 5.82. The lowest BCUT2D eigenvalue weighted by Crippen LogP contribution is -2.33. The van der Waals surface area contributed by atoms with Crippen LogP contribution in [0.1, 0.15) is 67.9 Å². The van der Waals surface area contributed by atoms with E-state index in [1.807, 2.05) is 12.3 Å². The number of aromatic amines is 1. The Labute approximate surface area is 235 Å². The van der Waals surface area contributed by atoms with Gasteiger partial charge >= 0.3 is 0 Å². The Balaban J connectivity index is 1.23. The fraction of sp³-hybridized carbons (Fsp3) is 0.353. The highest BCUT2D eigenvalue weighted by Crippen LogP contribution is 2.55. The number of nitrogen functional groups attached to an aromatic ring is 1. The molecule has 2 fully saturated rings. The highest BCUT2D eigenvalue weighted by Gasteiger charge is 2.43. The molecule has 1 saturated heterocycles. The zero-order chi connectivity index (χ0) is 27.3. The van der Waals surface area contributed by atoms with Crippen LogP contribution in [0.2, 0.25) is 0 Å². The predicted octanol–water partition coefficient (Wildman–Crippen LogP) is 6.41. The number of nitrogens with one attached hydrogen (secondary N) is 1. The van der Waals surface area contributed by atoms with Gasteiger partial charge in [0.2, 0.25) is 5.91 Å². The zero-order valence-electron chi connectivity index (χ0n) is 22.8. The lowest BCUT2D eigenvalue weighted by molar-refractivity contribution is -0.135. The van der Waals surface area contributed by atoms with E-state index in [1.54, 1.807) is 10.5 Å². The van der Waals surface area contributed by atoms with Crippen molar-refractivity contribution in [2.75, 3.05) is 18.9 Å². The van der Waals surface area contributed by atoms with Gasteiger partial charge in [0, 0.05) is 12.2 Å². The second-order valence-electron chi connectivity index (χ2n) is 11.8. The quantitative estimate of drug-likeness (QED) is 0.259. The lowest BCUT2D eigenvalue weighted by atomic mass is 9.76. The number of likely N-dealkylation sites (tertiary alicyclic amines) is 1. The summed E-state index contributed by atoms with van der Waals surface area (Å²) in [7, 11) is 0. The molecule has 1 spiro atoms. The van der Waals surface area contributed by atoms with Gasteiger partial charge in [0.05, 0.1) is 17.9 Å². The van der Waals surface area contributed by atoms with Gasteiger partial charge in [-0.05, 0) is 95.0 Å². The third-order valence-corrected chi connectivity index (χ3v) is 9.58. The van der Waals surface area contributed by atoms with Crippen LogP contribution < -0.4 is 5.73 Å². The summed E-state index contributed by atoms with van der Waals surface area (Å²) in [6, 6.07) is 21.7. The van der Waals surface area contributed by atoms with Crippen LogP contribution in [0.3, 0.4) is 0 Å². The van der Waals surface area contributed by atoms with Crippen LogP contribution >= 0.6 is 0 Å². The fourth-order valence-corrected chi connectivity index (χ4v) is 7.69. The predicted molar refractivity (Wildman–Crippen MR) is 159 cm³/mol. The normalized spacial score (nSPS) is 19.4. The summed E-state index contributed by atoms with van der Waals surface area (Å²) in [6.07, 6.45) is 11.2. The number of nitrogens with zero attached hydrogens (tertiary/aromatic N) is 2. The number of fused-ring (bicyclic) bond motifs is 2. The average Bonchev–Trinajstić information content (AvgIpc) is 3.80. The van der Waals surface area contributed by atoms with E-state index in [0.717, 1.165) is 42.0 Å². The summed E-state index contributed by atoms with van der Waals surface area (Å²) in [6.45, 7) is 0.202. The molecule has 2 heterocycles. The van der Waals surface area contributed by atoms with Gasteiger partial charge in [-0.3, -0.25) is 4.79 Å². The smallest absolute Gasteiger partial charge is 0.248 e. The zero-order valence-corrected chi connectivity index (χ0v) is 22.8. The summed E-state index contributed by atoms with van der Waals surface area (Å²) >= 11 is 0. The Bertz CT molecular complexity index is 1570. The number of nitrogens with two attached hydrogens (primary N) is 1. The van der Waals surface area contributed by atoms with Gasteiger partial charge in [-0.1, -0.05) is 61.4 Å².